The summed E-state index contributed by atoms with van der Waals surface area (Å²) in [5.74, 6) is -0.109. The molecule has 174 valence electrons. The van der Waals surface area contributed by atoms with Crippen molar-refractivity contribution >= 4 is 11.9 Å². The number of hydrogen-bond acceptors (Lipinski definition) is 5. The monoisotopic (exact) mass is 451 g/mol. The van der Waals surface area contributed by atoms with Crippen LogP contribution in [0, 0.1) is 5.92 Å². The highest BCUT2D eigenvalue weighted by molar-refractivity contribution is 5.94. The van der Waals surface area contributed by atoms with Gasteiger partial charge in [-0.1, -0.05) is 50.2 Å². The molecule has 2 N–H and O–H groups in total. The standard InChI is InChI=1S/C25H29N3O5/c1-16(2)13-18(14-23(29)30)26-25(31)19-15-20(17-9-6-5-7-10-17)28(27-19)24-21(32-3)11-8-12-22(24)33-4/h5-12,15-16,18H,13-14H2,1-4H3,(H,26,31)(H,29,30)/t18-/m0/s1. The molecule has 1 atom stereocenters. The van der Waals surface area contributed by atoms with Crippen molar-refractivity contribution in [1.82, 2.24) is 15.1 Å². The number of benzene rings is 2. The van der Waals surface area contributed by atoms with E-state index in [1.807, 2.05) is 50.2 Å². The third-order valence-corrected chi connectivity index (χ3v) is 5.14. The minimum atomic E-state index is -0.963. The molecule has 0 fully saturated rings. The highest BCUT2D eigenvalue weighted by Gasteiger charge is 2.24. The van der Waals surface area contributed by atoms with Crippen molar-refractivity contribution in [3.63, 3.8) is 0 Å². The number of para-hydroxylation sites is 1. The summed E-state index contributed by atoms with van der Waals surface area (Å²) in [5, 5.41) is 16.7. The first kappa shape index (κ1) is 23.8. The predicted octanol–water partition coefficient (Wildman–Crippen LogP) is 4.18. The van der Waals surface area contributed by atoms with Crippen molar-refractivity contribution in [2.75, 3.05) is 14.2 Å². The summed E-state index contributed by atoms with van der Waals surface area (Å²) in [6.45, 7) is 3.97. The Hall–Kier alpha value is -3.81. The largest absolute Gasteiger partial charge is 0.494 e. The molecule has 8 nitrogen and oxygen atoms in total. The lowest BCUT2D eigenvalue weighted by Crippen LogP contribution is -2.37. The molecule has 2 aromatic carbocycles. The lowest BCUT2D eigenvalue weighted by Gasteiger charge is -2.18. The van der Waals surface area contributed by atoms with Crippen LogP contribution in [0.2, 0.25) is 0 Å². The highest BCUT2D eigenvalue weighted by atomic mass is 16.5. The lowest BCUT2D eigenvalue weighted by atomic mass is 10.0. The number of carboxylic acid groups (broad SMARTS) is 1. The predicted molar refractivity (Wildman–Crippen MR) is 125 cm³/mol. The Morgan fingerprint density at radius 3 is 2.21 bits per heavy atom. The van der Waals surface area contributed by atoms with Crippen molar-refractivity contribution in [2.45, 2.75) is 32.7 Å². The molecular weight excluding hydrogens is 422 g/mol. The maximum atomic E-state index is 13.1. The molecule has 3 aromatic rings. The van der Waals surface area contributed by atoms with Gasteiger partial charge in [-0.2, -0.15) is 5.10 Å². The summed E-state index contributed by atoms with van der Waals surface area (Å²) < 4.78 is 12.7. The van der Waals surface area contributed by atoms with Gasteiger partial charge in [-0.25, -0.2) is 4.68 Å². The van der Waals surface area contributed by atoms with Crippen molar-refractivity contribution in [1.29, 1.82) is 0 Å². The second kappa shape index (κ2) is 10.7. The number of aromatic nitrogens is 2. The van der Waals surface area contributed by atoms with Gasteiger partial charge < -0.3 is 19.9 Å². The van der Waals surface area contributed by atoms with E-state index in [0.717, 1.165) is 5.56 Å². The minimum absolute atomic E-state index is 0.156. The highest BCUT2D eigenvalue weighted by Crippen LogP contribution is 2.35. The first-order valence-electron chi connectivity index (χ1n) is 10.7. The van der Waals surface area contributed by atoms with Crippen LogP contribution in [0.15, 0.2) is 54.6 Å². The summed E-state index contributed by atoms with van der Waals surface area (Å²) in [4.78, 5) is 24.4. The summed E-state index contributed by atoms with van der Waals surface area (Å²) in [6.07, 6.45) is 0.390. The van der Waals surface area contributed by atoms with E-state index < -0.39 is 17.9 Å². The molecule has 1 amide bonds. The van der Waals surface area contributed by atoms with Gasteiger partial charge in [0, 0.05) is 11.6 Å². The van der Waals surface area contributed by atoms with Crippen LogP contribution in [0.4, 0.5) is 0 Å². The molecule has 33 heavy (non-hydrogen) atoms. The van der Waals surface area contributed by atoms with Gasteiger partial charge in [0.1, 0.15) is 17.2 Å². The number of methoxy groups -OCH3 is 2. The summed E-state index contributed by atoms with van der Waals surface area (Å²) in [7, 11) is 3.11. The molecule has 0 unspecified atom stereocenters. The molecule has 0 aliphatic carbocycles. The van der Waals surface area contributed by atoms with Crippen LogP contribution in [-0.4, -0.2) is 47.0 Å². The number of carboxylic acids is 1. The van der Waals surface area contributed by atoms with E-state index in [-0.39, 0.29) is 18.0 Å². The molecule has 0 spiro atoms. The zero-order valence-corrected chi connectivity index (χ0v) is 19.2. The number of carbonyl (C=O) groups excluding carboxylic acids is 1. The summed E-state index contributed by atoms with van der Waals surface area (Å²) in [6, 6.07) is 16.1. The molecule has 3 rings (SSSR count). The Balaban J connectivity index is 2.08. The van der Waals surface area contributed by atoms with Gasteiger partial charge in [0.2, 0.25) is 0 Å². The van der Waals surface area contributed by atoms with E-state index in [0.29, 0.717) is 29.3 Å². The van der Waals surface area contributed by atoms with Gasteiger partial charge in [0.05, 0.1) is 26.3 Å². The Morgan fingerprint density at radius 1 is 1.03 bits per heavy atom. The number of amides is 1. The van der Waals surface area contributed by atoms with Crippen molar-refractivity contribution < 1.29 is 24.2 Å². The number of hydrogen-bond donors (Lipinski definition) is 2. The van der Waals surface area contributed by atoms with Crippen LogP contribution < -0.4 is 14.8 Å². The fourth-order valence-corrected chi connectivity index (χ4v) is 3.75. The minimum Gasteiger partial charge on any atom is -0.494 e. The van der Waals surface area contributed by atoms with Crippen LogP contribution in [0.3, 0.4) is 0 Å². The van der Waals surface area contributed by atoms with Gasteiger partial charge in [0.15, 0.2) is 5.69 Å². The lowest BCUT2D eigenvalue weighted by molar-refractivity contribution is -0.137. The van der Waals surface area contributed by atoms with E-state index in [9.17, 15) is 14.7 Å². The average molecular weight is 452 g/mol. The quantitative estimate of drug-likeness (QED) is 0.480. The first-order chi connectivity index (χ1) is 15.8. The molecule has 0 radical (unpaired) electrons. The van der Waals surface area contributed by atoms with Gasteiger partial charge in [-0.15, -0.1) is 0 Å². The molecule has 0 aliphatic heterocycles. The van der Waals surface area contributed by atoms with E-state index in [1.54, 1.807) is 37.1 Å². The average Bonchev–Trinajstić information content (AvgIpc) is 3.23. The maximum Gasteiger partial charge on any atom is 0.305 e. The van der Waals surface area contributed by atoms with Crippen LogP contribution >= 0.6 is 0 Å². The fourth-order valence-electron chi connectivity index (χ4n) is 3.75. The SMILES string of the molecule is COc1cccc(OC)c1-n1nc(C(=O)N[C@H](CC(=O)O)CC(C)C)cc1-c1ccccc1. The van der Waals surface area contributed by atoms with Crippen molar-refractivity contribution in [2.24, 2.45) is 5.92 Å². The molecule has 0 saturated heterocycles. The summed E-state index contributed by atoms with van der Waals surface area (Å²) >= 11 is 0. The Morgan fingerprint density at radius 2 is 1.67 bits per heavy atom. The Labute approximate surface area is 193 Å². The number of carbonyl (C=O) groups is 2. The zero-order valence-electron chi connectivity index (χ0n) is 19.2. The van der Waals surface area contributed by atoms with Gasteiger partial charge >= 0.3 is 5.97 Å². The van der Waals surface area contributed by atoms with E-state index >= 15 is 0 Å². The first-order valence-corrected chi connectivity index (χ1v) is 10.7. The number of nitrogens with one attached hydrogen (secondary N) is 1. The van der Waals surface area contributed by atoms with E-state index in [1.165, 1.54) is 0 Å². The van der Waals surface area contributed by atoms with Crippen molar-refractivity contribution in [3.8, 4) is 28.4 Å². The molecule has 0 aliphatic rings. The molecular formula is C25H29N3O5. The van der Waals surface area contributed by atoms with Gasteiger partial charge in [-0.05, 0) is 30.5 Å². The number of ether oxygens (including phenoxy) is 2. The van der Waals surface area contributed by atoms with Crippen LogP contribution in [0.5, 0.6) is 11.5 Å². The maximum absolute atomic E-state index is 13.1. The fraction of sp³-hybridized carbons (Fsp3) is 0.320. The normalized spacial score (nSPS) is 11.8. The second-order valence-corrected chi connectivity index (χ2v) is 8.10. The molecule has 1 aromatic heterocycles. The third-order valence-electron chi connectivity index (χ3n) is 5.14. The van der Waals surface area contributed by atoms with Gasteiger partial charge in [0.25, 0.3) is 5.91 Å². The zero-order chi connectivity index (χ0) is 24.0. The topological polar surface area (TPSA) is 103 Å². The molecule has 0 bridgehead atoms. The smallest absolute Gasteiger partial charge is 0.305 e. The number of aliphatic carboxylic acids is 1. The second-order valence-electron chi connectivity index (χ2n) is 8.10. The third kappa shape index (κ3) is 5.71. The van der Waals surface area contributed by atoms with Crippen LogP contribution in [0.1, 0.15) is 37.2 Å². The van der Waals surface area contributed by atoms with Crippen LogP contribution in [-0.2, 0) is 4.79 Å². The van der Waals surface area contributed by atoms with E-state index in [2.05, 4.69) is 10.4 Å². The molecule has 1 heterocycles. The van der Waals surface area contributed by atoms with E-state index in [4.69, 9.17) is 9.47 Å². The Bertz CT molecular complexity index is 1090. The number of nitrogens with zero attached hydrogens (tertiary/aromatic N) is 2. The number of rotatable bonds is 10. The molecule has 0 saturated carbocycles. The van der Waals surface area contributed by atoms with Gasteiger partial charge in [-0.3, -0.25) is 9.59 Å². The van der Waals surface area contributed by atoms with Crippen molar-refractivity contribution in [3.05, 3.63) is 60.3 Å². The van der Waals surface area contributed by atoms with Crippen LogP contribution in [0.25, 0.3) is 16.9 Å². The molecule has 8 heteroatoms. The Kier molecular flexibility index (Phi) is 7.71. The summed E-state index contributed by atoms with van der Waals surface area (Å²) in [5.41, 5.74) is 2.24.